The lowest BCUT2D eigenvalue weighted by Crippen LogP contribution is -2.41. The van der Waals surface area contributed by atoms with E-state index in [2.05, 4.69) is 36.6 Å². The van der Waals surface area contributed by atoms with Crippen molar-refractivity contribution >= 4 is 99.7 Å². The number of aliphatic hydroxyl groups is 1. The molecule has 3 aromatic rings. The molecule has 6 atom stereocenters. The lowest BCUT2D eigenvalue weighted by molar-refractivity contribution is -0.144. The van der Waals surface area contributed by atoms with Crippen LogP contribution in [-0.4, -0.2) is 305 Å². The molecule has 149 heavy (non-hydrogen) atoms. The average Bonchev–Trinajstić information content (AvgIpc) is 1.33. The van der Waals surface area contributed by atoms with Gasteiger partial charge in [0.2, 0.25) is 29.5 Å². The normalized spacial score (nSPS) is 12.4. The summed E-state index contributed by atoms with van der Waals surface area (Å²) in [5.74, 6) is -6.24. The molecule has 15 N–H and O–H groups in total. The number of carbonyl (C=O) groups is 17. The van der Waals surface area contributed by atoms with Gasteiger partial charge >= 0.3 is 23.9 Å². The number of aromatic amines is 1. The highest BCUT2D eigenvalue weighted by Gasteiger charge is 2.26. The molecule has 0 aliphatic rings. The first-order valence-corrected chi connectivity index (χ1v) is 53.5. The molecule has 0 aliphatic carbocycles. The van der Waals surface area contributed by atoms with E-state index in [9.17, 15) is 91.7 Å². The first-order valence-electron chi connectivity index (χ1n) is 53.5. The van der Waals surface area contributed by atoms with Gasteiger partial charge in [0.15, 0.2) is 17.3 Å². The number of aryl methyl sites for hydroxylation is 1. The average molecular weight is 2110 g/mol. The van der Waals surface area contributed by atoms with Crippen LogP contribution in [0.3, 0.4) is 0 Å². The van der Waals surface area contributed by atoms with Crippen LogP contribution in [0.4, 0.5) is 0 Å². The molecular formula is C108H173N9O32. The number of hydrogen-bond acceptors (Lipinski definition) is 31. The topological polar surface area (TPSA) is 625 Å². The van der Waals surface area contributed by atoms with Crippen LogP contribution in [0, 0.1) is 17.8 Å². The van der Waals surface area contributed by atoms with Crippen molar-refractivity contribution in [3.63, 3.8) is 0 Å². The molecule has 0 fully saturated rings. The van der Waals surface area contributed by atoms with Crippen LogP contribution in [0.5, 0.6) is 11.5 Å². The summed E-state index contributed by atoms with van der Waals surface area (Å²) in [6, 6.07) is 10.2. The van der Waals surface area contributed by atoms with Gasteiger partial charge in [-0.15, -0.1) is 0 Å². The van der Waals surface area contributed by atoms with Crippen molar-refractivity contribution in [1.82, 2.24) is 36.6 Å². The molecule has 842 valence electrons. The fourth-order valence-corrected chi connectivity index (χ4v) is 15.4. The minimum Gasteiger partial charge on any atom is -0.494 e. The SMILES string of the molecule is CCC(=O)[C@H](CCCCNC(=O)COCCOCCNC(=O)[C@@H](N)CCCCCC(=O)COCCOCCNC(=O)CC[C@H](CC(=O)CCCCCCCCCOc1ccc(C(=O)O)cc1)C(=O)O)CC(=O)CCc1cnc[nH]1.C[C@@H](CCCCCC(=O)COCCOCCCC(=O)[C@@H](N)CCCCNC(=O)COCCOCCCC(=O)CC[C@H](NC(=O)CCCCCCCCCOc1ccc(C(=O)O)cc1)C(=O)O)C(=O)CO. The lowest BCUT2D eigenvalue weighted by atomic mass is 9.89. The number of hydrogen-bond donors (Lipinski definition) is 13. The molecule has 5 amide bonds. The Labute approximate surface area is 877 Å². The number of aromatic nitrogens is 2. The Balaban J connectivity index is 0.00000101. The molecule has 0 saturated heterocycles. The number of benzene rings is 2. The molecule has 0 spiro atoms. The van der Waals surface area contributed by atoms with E-state index < -0.39 is 54.5 Å². The number of ketones is 8. The number of aromatic carboxylic acids is 2. The Morgan fingerprint density at radius 3 is 1.26 bits per heavy atom. The summed E-state index contributed by atoms with van der Waals surface area (Å²) in [5, 5.41) is 59.5. The Bertz CT molecular complexity index is 4220. The third kappa shape index (κ3) is 76.6. The molecule has 1 heterocycles. The predicted molar refractivity (Wildman–Crippen MR) is 554 cm³/mol. The van der Waals surface area contributed by atoms with Crippen LogP contribution < -0.4 is 47.5 Å². The van der Waals surface area contributed by atoms with Crippen molar-refractivity contribution in [3.8, 4) is 11.5 Å². The van der Waals surface area contributed by atoms with Crippen molar-refractivity contribution in [1.29, 1.82) is 0 Å². The number of nitrogens with one attached hydrogen (secondary N) is 6. The van der Waals surface area contributed by atoms with Crippen molar-refractivity contribution in [2.24, 2.45) is 29.2 Å². The Morgan fingerprint density at radius 1 is 0.342 bits per heavy atom. The highest BCUT2D eigenvalue weighted by atomic mass is 16.5. The maximum absolute atomic E-state index is 12.5. The number of rotatable bonds is 102. The monoisotopic (exact) mass is 2110 g/mol. The third-order valence-electron chi connectivity index (χ3n) is 24.4. The van der Waals surface area contributed by atoms with Crippen molar-refractivity contribution in [2.45, 2.75) is 321 Å². The maximum Gasteiger partial charge on any atom is 0.335 e. The zero-order chi connectivity index (χ0) is 109. The Kier molecular flexibility index (Phi) is 81.3. The van der Waals surface area contributed by atoms with Gasteiger partial charge in [-0.2, -0.15) is 0 Å². The van der Waals surface area contributed by atoms with Gasteiger partial charge in [-0.25, -0.2) is 19.4 Å². The number of unbranched alkanes of at least 4 members (excludes halogenated alkanes) is 18. The number of carboxylic acid groups (broad SMARTS) is 4. The second-order valence-electron chi connectivity index (χ2n) is 37.2. The molecule has 0 saturated carbocycles. The fraction of sp³-hybridized carbons (Fsp3) is 0.704. The van der Waals surface area contributed by atoms with E-state index in [0.717, 1.165) is 108 Å². The van der Waals surface area contributed by atoms with E-state index in [1.807, 2.05) is 0 Å². The molecule has 3 rings (SSSR count). The van der Waals surface area contributed by atoms with E-state index in [-0.39, 0.29) is 249 Å². The molecule has 0 bridgehead atoms. The zero-order valence-corrected chi connectivity index (χ0v) is 88.2. The first kappa shape index (κ1) is 134. The van der Waals surface area contributed by atoms with Gasteiger partial charge in [-0.05, 0) is 164 Å². The van der Waals surface area contributed by atoms with Crippen LogP contribution in [0.15, 0.2) is 61.1 Å². The van der Waals surface area contributed by atoms with Crippen molar-refractivity contribution in [3.05, 3.63) is 77.9 Å². The number of nitrogens with zero attached hydrogens (tertiary/aromatic N) is 1. The van der Waals surface area contributed by atoms with Crippen LogP contribution in [-0.2, 0) is 116 Å². The summed E-state index contributed by atoms with van der Waals surface area (Å²) >= 11 is 0. The number of H-pyrrole nitrogens is 1. The number of nitrogens with two attached hydrogens (primary N) is 2. The van der Waals surface area contributed by atoms with Crippen molar-refractivity contribution in [2.75, 3.05) is 152 Å². The highest BCUT2D eigenvalue weighted by Crippen LogP contribution is 2.23. The van der Waals surface area contributed by atoms with Crippen LogP contribution in [0.25, 0.3) is 0 Å². The van der Waals surface area contributed by atoms with Gasteiger partial charge in [-0.1, -0.05) is 110 Å². The quantitative estimate of drug-likeness (QED) is 0.0233. The Morgan fingerprint density at radius 2 is 0.765 bits per heavy atom. The van der Waals surface area contributed by atoms with E-state index in [1.165, 1.54) is 24.3 Å². The summed E-state index contributed by atoms with van der Waals surface area (Å²) in [6.45, 7) is 8.28. The van der Waals surface area contributed by atoms with Crippen molar-refractivity contribution < 1.29 is 154 Å². The van der Waals surface area contributed by atoms with Gasteiger partial charge in [0.1, 0.15) is 79.5 Å². The van der Waals surface area contributed by atoms with Gasteiger partial charge in [0.05, 0.1) is 115 Å². The molecular weight excluding hydrogens is 1940 g/mol. The summed E-state index contributed by atoms with van der Waals surface area (Å²) in [5.41, 5.74) is 13.4. The van der Waals surface area contributed by atoms with Crippen LogP contribution in [0.1, 0.15) is 323 Å². The molecule has 1 aromatic heterocycles. The zero-order valence-electron chi connectivity index (χ0n) is 88.2. The second-order valence-corrected chi connectivity index (χ2v) is 37.2. The molecule has 41 nitrogen and oxygen atoms in total. The summed E-state index contributed by atoms with van der Waals surface area (Å²) in [6.07, 6.45) is 29.7. The van der Waals surface area contributed by atoms with E-state index in [4.69, 9.17) is 74.2 Å². The fourth-order valence-electron chi connectivity index (χ4n) is 15.4. The number of aliphatic hydroxyl groups excluding tert-OH is 1. The molecule has 41 heteroatoms. The molecule has 2 aromatic carbocycles. The largest absolute Gasteiger partial charge is 0.494 e. The maximum atomic E-state index is 12.5. The number of imidazole rings is 1. The van der Waals surface area contributed by atoms with Gasteiger partial charge < -0.3 is 116 Å². The number of aliphatic carboxylic acids is 2. The Hall–Kier alpha value is -10.6. The van der Waals surface area contributed by atoms with Gasteiger partial charge in [-0.3, -0.25) is 67.1 Å². The van der Waals surface area contributed by atoms with Crippen LogP contribution >= 0.6 is 0 Å². The van der Waals surface area contributed by atoms with Gasteiger partial charge in [0.25, 0.3) is 0 Å². The standard InChI is InChI=1S/C57H90N6O16.C51H83N3O16/c1-2-52(67)44(37-48(65)23-22-46-39-59-42-63-46)15-12-13-27-60-54(69)41-78-36-34-76-32-29-62-55(70)51(58)18-11-8-10-17-49(66)40-77-35-33-75-31-28-61-53(68)26-21-45(57(73)74)38-47(64)16-9-6-4-3-5-7-14-30-79-50-24-19-43(20-25-50)56(71)72;1-39(47(59)36-55)16-8-7-9-17-42(57)37-68-34-32-67-30-15-20-46(58)44(52)19-11-12-28-53-49(61)38-69-35-33-66-29-14-18-41(56)24-27-45(51(64)65)54-48(60)21-10-5-3-2-4-6-13-31-70-43-25-22-40(23-26-43)50(62)63/h19-20,24-25,39,42,44-45,51H,2-18,21-23,26-38,40-41,58H2,1H3,(H,59,63)(H,60,69)(H,61,68)(H,62,70)(H,71,72)(H,73,74);22-23,25-26,39,44-45,55H,2-21,24,27-38,52H2,1H3,(H,53,61)(H,54,60)(H,62,63)(H,64,65)/t44-,45-,51+;39-,44-,45-/m10/s1. The van der Waals surface area contributed by atoms with Crippen LogP contribution in [0.2, 0.25) is 0 Å². The van der Waals surface area contributed by atoms with E-state index in [1.54, 1.807) is 50.6 Å². The lowest BCUT2D eigenvalue weighted by Gasteiger charge is -2.14. The third-order valence-corrected chi connectivity index (χ3v) is 24.4. The van der Waals surface area contributed by atoms with Gasteiger partial charge in [0, 0.05) is 140 Å². The molecule has 0 aliphatic heterocycles. The number of Topliss-reactive ketones (excluding diaryl/α,β-unsaturated/α-hetero) is 8. The number of carboxylic acids is 4. The predicted octanol–water partition coefficient (Wildman–Crippen LogP) is 11.0. The smallest absolute Gasteiger partial charge is 0.335 e. The number of ether oxygens (including phenoxy) is 10. The highest BCUT2D eigenvalue weighted by molar-refractivity contribution is 5.90. The minimum atomic E-state index is -1.18. The summed E-state index contributed by atoms with van der Waals surface area (Å²) < 4.78 is 54.7. The van der Waals surface area contributed by atoms with E-state index in [0.29, 0.717) is 192 Å². The number of amides is 5. The molecule has 0 radical (unpaired) electrons. The first-order chi connectivity index (χ1) is 71.9. The van der Waals surface area contributed by atoms with E-state index >= 15 is 0 Å². The molecule has 0 unspecified atom stereocenters. The summed E-state index contributed by atoms with van der Waals surface area (Å²) in [4.78, 5) is 211. The second kappa shape index (κ2) is 90.1. The minimum absolute atomic E-state index is 0.00758. The summed E-state index contributed by atoms with van der Waals surface area (Å²) in [7, 11) is 0. The number of carbonyl (C=O) groups excluding carboxylic acids is 13.